The summed E-state index contributed by atoms with van der Waals surface area (Å²) in [6, 6.07) is 4.68. The molecule has 0 bridgehead atoms. The number of nitrogens with zero attached hydrogens (tertiary/aromatic N) is 1. The minimum absolute atomic E-state index is 1.21. The molecule has 0 aliphatic carbocycles. The van der Waals surface area contributed by atoms with Crippen LogP contribution in [-0.4, -0.2) is 13.1 Å². The van der Waals surface area contributed by atoms with Crippen molar-refractivity contribution in [3.63, 3.8) is 0 Å². The second-order valence-corrected chi connectivity index (χ2v) is 4.68. The van der Waals surface area contributed by atoms with Crippen LogP contribution in [-0.2, 0) is 6.42 Å². The summed E-state index contributed by atoms with van der Waals surface area (Å²) in [6.07, 6.45) is 3.82. The molecule has 0 N–H and O–H groups in total. The highest BCUT2D eigenvalue weighted by Gasteiger charge is 2.18. The summed E-state index contributed by atoms with van der Waals surface area (Å²) < 4.78 is 0. The van der Waals surface area contributed by atoms with Gasteiger partial charge in [-0.25, -0.2) is 0 Å². The third-order valence-electron chi connectivity index (χ3n) is 3.21. The molecule has 0 saturated carbocycles. The Morgan fingerprint density at radius 1 is 1.27 bits per heavy atom. The molecule has 1 heteroatoms. The maximum atomic E-state index is 2.56. The SMILES string of the molecule is CCCN1CCCc2cc(C)cc(C)c21. The summed E-state index contributed by atoms with van der Waals surface area (Å²) in [5.74, 6) is 0. The van der Waals surface area contributed by atoms with Gasteiger partial charge < -0.3 is 4.90 Å². The Balaban J connectivity index is 2.41. The predicted octanol–water partition coefficient (Wildman–Crippen LogP) is 3.47. The van der Waals surface area contributed by atoms with E-state index < -0.39 is 0 Å². The van der Waals surface area contributed by atoms with E-state index in [1.54, 1.807) is 5.56 Å². The Hall–Kier alpha value is -0.980. The molecular formula is C14H21N. The zero-order chi connectivity index (χ0) is 10.8. The third-order valence-corrected chi connectivity index (χ3v) is 3.21. The summed E-state index contributed by atoms with van der Waals surface area (Å²) in [6.45, 7) is 9.16. The lowest BCUT2D eigenvalue weighted by Crippen LogP contribution is -2.30. The van der Waals surface area contributed by atoms with Gasteiger partial charge in [-0.15, -0.1) is 0 Å². The average molecular weight is 203 g/mol. The quantitative estimate of drug-likeness (QED) is 0.711. The van der Waals surface area contributed by atoms with Crippen LogP contribution >= 0.6 is 0 Å². The molecule has 1 aliphatic rings. The lowest BCUT2D eigenvalue weighted by atomic mass is 9.96. The van der Waals surface area contributed by atoms with Gasteiger partial charge >= 0.3 is 0 Å². The first kappa shape index (κ1) is 10.5. The maximum absolute atomic E-state index is 2.56. The summed E-state index contributed by atoms with van der Waals surface area (Å²) in [7, 11) is 0. The van der Waals surface area contributed by atoms with Gasteiger partial charge in [-0.2, -0.15) is 0 Å². The van der Waals surface area contributed by atoms with E-state index in [1.165, 1.54) is 49.2 Å². The van der Waals surface area contributed by atoms with Crippen molar-refractivity contribution in [2.24, 2.45) is 0 Å². The molecule has 0 atom stereocenters. The van der Waals surface area contributed by atoms with Crippen molar-refractivity contribution in [1.82, 2.24) is 0 Å². The van der Waals surface area contributed by atoms with Crippen molar-refractivity contribution in [2.45, 2.75) is 40.0 Å². The van der Waals surface area contributed by atoms with Crippen LogP contribution in [0.1, 0.15) is 36.5 Å². The molecule has 82 valence electrons. The van der Waals surface area contributed by atoms with Gasteiger partial charge in [0.25, 0.3) is 0 Å². The Bertz CT molecular complexity index is 355. The van der Waals surface area contributed by atoms with Crippen LogP contribution in [0.2, 0.25) is 0 Å². The molecule has 1 aromatic carbocycles. The van der Waals surface area contributed by atoms with Gasteiger partial charge in [-0.05, 0) is 44.2 Å². The highest BCUT2D eigenvalue weighted by Crippen LogP contribution is 2.31. The van der Waals surface area contributed by atoms with Gasteiger partial charge in [0.05, 0.1) is 0 Å². The minimum Gasteiger partial charge on any atom is -0.371 e. The predicted molar refractivity (Wildman–Crippen MR) is 66.7 cm³/mol. The number of hydrogen-bond donors (Lipinski definition) is 0. The smallest absolute Gasteiger partial charge is 0.0428 e. The van der Waals surface area contributed by atoms with Crippen molar-refractivity contribution in [2.75, 3.05) is 18.0 Å². The van der Waals surface area contributed by atoms with Crippen LogP contribution in [0.25, 0.3) is 0 Å². The van der Waals surface area contributed by atoms with Gasteiger partial charge in [0.1, 0.15) is 0 Å². The summed E-state index contributed by atoms with van der Waals surface area (Å²) in [4.78, 5) is 2.56. The highest BCUT2D eigenvalue weighted by atomic mass is 15.1. The van der Waals surface area contributed by atoms with E-state index >= 15 is 0 Å². The lowest BCUT2D eigenvalue weighted by molar-refractivity contribution is 0.678. The zero-order valence-electron chi connectivity index (χ0n) is 10.1. The van der Waals surface area contributed by atoms with Crippen molar-refractivity contribution in [3.05, 3.63) is 28.8 Å². The first-order chi connectivity index (χ1) is 7.22. The van der Waals surface area contributed by atoms with Crippen molar-refractivity contribution in [1.29, 1.82) is 0 Å². The van der Waals surface area contributed by atoms with E-state index in [0.717, 1.165) is 0 Å². The number of fused-ring (bicyclic) bond motifs is 1. The van der Waals surface area contributed by atoms with Gasteiger partial charge in [0.15, 0.2) is 0 Å². The van der Waals surface area contributed by atoms with Gasteiger partial charge in [0, 0.05) is 18.8 Å². The maximum Gasteiger partial charge on any atom is 0.0428 e. The molecule has 0 aromatic heterocycles. The van der Waals surface area contributed by atoms with E-state index in [9.17, 15) is 0 Å². The fourth-order valence-corrected chi connectivity index (χ4v) is 2.76. The van der Waals surface area contributed by atoms with Crippen molar-refractivity contribution < 1.29 is 0 Å². The normalized spacial score (nSPS) is 15.3. The number of rotatable bonds is 2. The Morgan fingerprint density at radius 3 is 2.80 bits per heavy atom. The average Bonchev–Trinajstić information content (AvgIpc) is 2.17. The molecule has 0 saturated heterocycles. The highest BCUT2D eigenvalue weighted by molar-refractivity contribution is 5.62. The van der Waals surface area contributed by atoms with Crippen molar-refractivity contribution in [3.8, 4) is 0 Å². The van der Waals surface area contributed by atoms with Gasteiger partial charge in [-0.3, -0.25) is 0 Å². The fraction of sp³-hybridized carbons (Fsp3) is 0.571. The van der Waals surface area contributed by atoms with E-state index in [4.69, 9.17) is 0 Å². The molecule has 1 aromatic rings. The number of hydrogen-bond acceptors (Lipinski definition) is 1. The summed E-state index contributed by atoms with van der Waals surface area (Å²) in [5.41, 5.74) is 5.95. The third kappa shape index (κ3) is 2.01. The minimum atomic E-state index is 1.21. The number of benzene rings is 1. The van der Waals surface area contributed by atoms with Crippen LogP contribution in [0.15, 0.2) is 12.1 Å². The molecule has 15 heavy (non-hydrogen) atoms. The van der Waals surface area contributed by atoms with E-state index in [1.807, 2.05) is 0 Å². The molecule has 0 fully saturated rings. The topological polar surface area (TPSA) is 3.24 Å². The monoisotopic (exact) mass is 203 g/mol. The molecule has 1 nitrogen and oxygen atoms in total. The van der Waals surface area contributed by atoms with Crippen LogP contribution in [0.4, 0.5) is 5.69 Å². The van der Waals surface area contributed by atoms with Crippen molar-refractivity contribution >= 4 is 5.69 Å². The lowest BCUT2D eigenvalue weighted by Gasteiger charge is -2.33. The van der Waals surface area contributed by atoms with E-state index in [0.29, 0.717) is 0 Å². The van der Waals surface area contributed by atoms with Crippen LogP contribution < -0.4 is 4.90 Å². The molecule has 2 rings (SSSR count). The van der Waals surface area contributed by atoms with Crippen LogP contribution in [0, 0.1) is 13.8 Å². The Kier molecular flexibility index (Phi) is 2.99. The van der Waals surface area contributed by atoms with E-state index in [-0.39, 0.29) is 0 Å². The van der Waals surface area contributed by atoms with Gasteiger partial charge in [0.2, 0.25) is 0 Å². The second-order valence-electron chi connectivity index (χ2n) is 4.68. The molecule has 0 unspecified atom stereocenters. The fourth-order valence-electron chi connectivity index (χ4n) is 2.76. The second kappa shape index (κ2) is 4.26. The first-order valence-electron chi connectivity index (χ1n) is 6.07. The molecule has 0 amide bonds. The Labute approximate surface area is 93.1 Å². The number of aryl methyl sites for hydroxylation is 3. The number of anilines is 1. The van der Waals surface area contributed by atoms with Crippen LogP contribution in [0.5, 0.6) is 0 Å². The molecular weight excluding hydrogens is 182 g/mol. The Morgan fingerprint density at radius 2 is 2.07 bits per heavy atom. The van der Waals surface area contributed by atoms with Crippen LogP contribution in [0.3, 0.4) is 0 Å². The molecule has 1 heterocycles. The summed E-state index contributed by atoms with van der Waals surface area (Å²) in [5, 5.41) is 0. The standard InChI is InChI=1S/C14H21N/c1-4-7-15-8-5-6-13-10-11(2)9-12(3)14(13)15/h9-10H,4-8H2,1-3H3. The first-order valence-corrected chi connectivity index (χ1v) is 6.07. The molecule has 1 aliphatic heterocycles. The summed E-state index contributed by atoms with van der Waals surface area (Å²) >= 11 is 0. The zero-order valence-corrected chi connectivity index (χ0v) is 10.1. The largest absolute Gasteiger partial charge is 0.371 e. The van der Waals surface area contributed by atoms with Gasteiger partial charge in [-0.1, -0.05) is 24.6 Å². The van der Waals surface area contributed by atoms with E-state index in [2.05, 4.69) is 37.8 Å². The molecule has 0 radical (unpaired) electrons. The molecule has 0 spiro atoms.